The van der Waals surface area contributed by atoms with Crippen LogP contribution in [0.5, 0.6) is 11.6 Å². The minimum atomic E-state index is -4.85. The number of halogens is 3. The number of rotatable bonds is 3. The van der Waals surface area contributed by atoms with Gasteiger partial charge in [-0.15, -0.1) is 13.2 Å². The molecule has 1 heterocycles. The smallest absolute Gasteiger partial charge is 0.496 e. The molecule has 0 aliphatic rings. The predicted octanol–water partition coefficient (Wildman–Crippen LogP) is 2.36. The van der Waals surface area contributed by atoms with Gasteiger partial charge in [0, 0.05) is 11.8 Å². The summed E-state index contributed by atoms with van der Waals surface area (Å²) in [5.41, 5.74) is 0.292. The Morgan fingerprint density at radius 1 is 1.47 bits per heavy atom. The molecule has 4 nitrogen and oxygen atoms in total. The maximum absolute atomic E-state index is 12.1. The molecule has 0 spiro atoms. The van der Waals surface area contributed by atoms with Crippen molar-refractivity contribution in [2.24, 2.45) is 0 Å². The first kappa shape index (κ1) is 13.1. The van der Waals surface area contributed by atoms with Gasteiger partial charge in [-0.3, -0.25) is 0 Å². The Morgan fingerprint density at radius 2 is 2.12 bits per heavy atom. The molecule has 0 saturated carbocycles. The lowest BCUT2D eigenvalue weighted by molar-refractivity contribution is -0.276. The highest BCUT2D eigenvalue weighted by molar-refractivity contribution is 5.43. The van der Waals surface area contributed by atoms with Crippen LogP contribution in [0, 0.1) is 18.3 Å². The van der Waals surface area contributed by atoms with Crippen LogP contribution >= 0.6 is 0 Å². The first-order chi connectivity index (χ1) is 7.87. The molecule has 1 rings (SSSR count). The van der Waals surface area contributed by atoms with Crippen LogP contribution in [0.4, 0.5) is 13.2 Å². The van der Waals surface area contributed by atoms with Crippen molar-refractivity contribution in [2.75, 3.05) is 7.11 Å². The Balaban J connectivity index is 3.26. The van der Waals surface area contributed by atoms with E-state index in [0.29, 0.717) is 5.69 Å². The van der Waals surface area contributed by atoms with Gasteiger partial charge >= 0.3 is 6.36 Å². The summed E-state index contributed by atoms with van der Waals surface area (Å²) in [6, 6.07) is 3.18. The number of methoxy groups -OCH3 is 1. The maximum atomic E-state index is 12.1. The summed E-state index contributed by atoms with van der Waals surface area (Å²) in [4.78, 5) is 3.61. The van der Waals surface area contributed by atoms with Gasteiger partial charge in [0.05, 0.1) is 25.2 Å². The van der Waals surface area contributed by atoms with E-state index in [1.165, 1.54) is 20.1 Å². The Kier molecular flexibility index (Phi) is 3.78. The van der Waals surface area contributed by atoms with Gasteiger partial charge in [0.15, 0.2) is 0 Å². The van der Waals surface area contributed by atoms with Gasteiger partial charge in [-0.05, 0) is 6.92 Å². The molecule has 17 heavy (non-hydrogen) atoms. The predicted molar refractivity (Wildman–Crippen MR) is 51.5 cm³/mol. The van der Waals surface area contributed by atoms with E-state index in [9.17, 15) is 13.2 Å². The van der Waals surface area contributed by atoms with Crippen molar-refractivity contribution in [2.45, 2.75) is 19.7 Å². The number of ether oxygens (including phenoxy) is 2. The first-order valence-electron chi connectivity index (χ1n) is 4.54. The highest BCUT2D eigenvalue weighted by Crippen LogP contribution is 2.31. The molecule has 0 aliphatic carbocycles. The van der Waals surface area contributed by atoms with Crippen LogP contribution in [-0.4, -0.2) is 18.5 Å². The zero-order valence-corrected chi connectivity index (χ0v) is 9.13. The highest BCUT2D eigenvalue weighted by Gasteiger charge is 2.33. The van der Waals surface area contributed by atoms with Crippen LogP contribution in [0.3, 0.4) is 0 Å². The molecule has 1 aromatic rings. The summed E-state index contributed by atoms with van der Waals surface area (Å²) in [5.74, 6) is -0.491. The SMILES string of the molecule is COc1cc(C)nc(OC(F)(F)F)c1CC#N. The molecule has 0 amide bonds. The molecular weight excluding hydrogens is 237 g/mol. The lowest BCUT2D eigenvalue weighted by Gasteiger charge is -2.14. The fourth-order valence-electron chi connectivity index (χ4n) is 1.26. The fraction of sp³-hybridized carbons (Fsp3) is 0.400. The second kappa shape index (κ2) is 4.91. The quantitative estimate of drug-likeness (QED) is 0.821. The molecule has 1 aromatic heterocycles. The molecule has 0 aliphatic heterocycles. The third-order valence-corrected chi connectivity index (χ3v) is 1.86. The Bertz CT molecular complexity index is 452. The molecule has 0 aromatic carbocycles. The van der Waals surface area contributed by atoms with Gasteiger partial charge in [0.1, 0.15) is 5.75 Å². The van der Waals surface area contributed by atoms with Crippen molar-refractivity contribution < 1.29 is 22.6 Å². The second-order valence-electron chi connectivity index (χ2n) is 3.13. The lowest BCUT2D eigenvalue weighted by Crippen LogP contribution is -2.19. The van der Waals surface area contributed by atoms with Gasteiger partial charge < -0.3 is 9.47 Å². The number of aromatic nitrogens is 1. The number of nitrogens with zero attached hydrogens (tertiary/aromatic N) is 2. The Labute approximate surface area is 95.6 Å². The molecule has 0 bridgehead atoms. The van der Waals surface area contributed by atoms with Crippen molar-refractivity contribution >= 4 is 0 Å². The van der Waals surface area contributed by atoms with Crippen LogP contribution in [0.1, 0.15) is 11.3 Å². The van der Waals surface area contributed by atoms with Crippen LogP contribution in [0.15, 0.2) is 6.07 Å². The van der Waals surface area contributed by atoms with E-state index in [1.54, 1.807) is 6.07 Å². The summed E-state index contributed by atoms with van der Waals surface area (Å²) in [6.07, 6.45) is -5.13. The summed E-state index contributed by atoms with van der Waals surface area (Å²) in [5, 5.41) is 8.56. The van der Waals surface area contributed by atoms with Crippen molar-refractivity contribution in [1.82, 2.24) is 4.98 Å². The fourth-order valence-corrected chi connectivity index (χ4v) is 1.26. The molecular formula is C10H9F3N2O2. The Morgan fingerprint density at radius 3 is 2.59 bits per heavy atom. The normalized spacial score (nSPS) is 10.8. The number of hydrogen-bond donors (Lipinski definition) is 0. The minimum Gasteiger partial charge on any atom is -0.496 e. The van der Waals surface area contributed by atoms with Crippen molar-refractivity contribution in [3.05, 3.63) is 17.3 Å². The van der Waals surface area contributed by atoms with Gasteiger partial charge in [-0.25, -0.2) is 4.98 Å². The van der Waals surface area contributed by atoms with E-state index in [0.717, 1.165) is 0 Å². The monoisotopic (exact) mass is 246 g/mol. The highest BCUT2D eigenvalue weighted by atomic mass is 19.4. The average Bonchev–Trinajstić information content (AvgIpc) is 2.19. The minimum absolute atomic E-state index is 0.0158. The second-order valence-corrected chi connectivity index (χ2v) is 3.13. The molecule has 0 unspecified atom stereocenters. The molecule has 0 radical (unpaired) electrons. The van der Waals surface area contributed by atoms with Crippen molar-refractivity contribution in [3.63, 3.8) is 0 Å². The summed E-state index contributed by atoms with van der Waals surface area (Å²) in [7, 11) is 1.30. The number of hydrogen-bond acceptors (Lipinski definition) is 4. The molecule has 0 N–H and O–H groups in total. The van der Waals surface area contributed by atoms with Gasteiger partial charge in [0.25, 0.3) is 0 Å². The van der Waals surface area contributed by atoms with E-state index in [-0.39, 0.29) is 17.7 Å². The third-order valence-electron chi connectivity index (χ3n) is 1.86. The van der Waals surface area contributed by atoms with E-state index >= 15 is 0 Å². The summed E-state index contributed by atoms with van der Waals surface area (Å²) in [6.45, 7) is 1.50. The van der Waals surface area contributed by atoms with E-state index in [2.05, 4.69) is 9.72 Å². The number of alkyl halides is 3. The van der Waals surface area contributed by atoms with E-state index < -0.39 is 12.2 Å². The molecule has 7 heteroatoms. The lowest BCUT2D eigenvalue weighted by atomic mass is 10.1. The van der Waals surface area contributed by atoms with Crippen molar-refractivity contribution in [1.29, 1.82) is 5.26 Å². The first-order valence-corrected chi connectivity index (χ1v) is 4.54. The van der Waals surface area contributed by atoms with E-state index in [4.69, 9.17) is 10.00 Å². The van der Waals surface area contributed by atoms with Gasteiger partial charge in [-0.2, -0.15) is 5.26 Å². The van der Waals surface area contributed by atoms with Crippen molar-refractivity contribution in [3.8, 4) is 17.7 Å². The van der Waals surface area contributed by atoms with Gasteiger partial charge in [-0.1, -0.05) is 0 Å². The zero-order valence-electron chi connectivity index (χ0n) is 9.13. The third kappa shape index (κ3) is 3.52. The molecule has 0 saturated heterocycles. The standard InChI is InChI=1S/C10H9F3N2O2/c1-6-5-8(16-2)7(3-4-14)9(15-6)17-10(11,12)13/h5H,3H2,1-2H3. The summed E-state index contributed by atoms with van der Waals surface area (Å²) < 4.78 is 45.1. The van der Waals surface area contributed by atoms with Gasteiger partial charge in [0.2, 0.25) is 5.88 Å². The molecule has 92 valence electrons. The van der Waals surface area contributed by atoms with Crippen LogP contribution in [0.25, 0.3) is 0 Å². The van der Waals surface area contributed by atoms with Crippen LogP contribution in [0.2, 0.25) is 0 Å². The number of aryl methyl sites for hydroxylation is 1. The van der Waals surface area contributed by atoms with E-state index in [1.807, 2.05) is 0 Å². The molecule has 0 fully saturated rings. The van der Waals surface area contributed by atoms with Crippen LogP contribution < -0.4 is 9.47 Å². The maximum Gasteiger partial charge on any atom is 0.574 e. The topological polar surface area (TPSA) is 55.1 Å². The number of pyridine rings is 1. The summed E-state index contributed by atoms with van der Waals surface area (Å²) >= 11 is 0. The van der Waals surface area contributed by atoms with Crippen LogP contribution in [-0.2, 0) is 6.42 Å². The molecule has 0 atom stereocenters. The largest absolute Gasteiger partial charge is 0.574 e. The average molecular weight is 246 g/mol. The number of nitriles is 1. The Hall–Kier alpha value is -1.97. The zero-order chi connectivity index (χ0) is 13.1.